The number of benzene rings is 1. The van der Waals surface area contributed by atoms with Crippen molar-refractivity contribution in [2.45, 2.75) is 38.9 Å². The normalized spacial score (nSPS) is 13.6. The lowest BCUT2D eigenvalue weighted by Crippen LogP contribution is -2.14. The number of phenols is 1. The van der Waals surface area contributed by atoms with Gasteiger partial charge in [0.1, 0.15) is 5.75 Å². The minimum absolute atomic E-state index is 0.0489. The molecule has 4 nitrogen and oxygen atoms in total. The van der Waals surface area contributed by atoms with Crippen LogP contribution in [0.1, 0.15) is 38.4 Å². The SMILES string of the molecule is CC(C)C(=C=CC[C@@H](O)c1cc(Br)ccc1O)C[C@@H](O)CO. The number of aromatic hydroxyl groups is 1. The van der Waals surface area contributed by atoms with Gasteiger partial charge in [-0.3, -0.25) is 0 Å². The molecule has 1 rings (SSSR count). The van der Waals surface area contributed by atoms with Gasteiger partial charge in [0.25, 0.3) is 0 Å². The van der Waals surface area contributed by atoms with Crippen LogP contribution < -0.4 is 0 Å². The summed E-state index contributed by atoms with van der Waals surface area (Å²) in [5.41, 5.74) is 4.42. The number of aliphatic hydroxyl groups excluding tert-OH is 3. The molecular formula is C17H23BrO4. The molecule has 4 N–H and O–H groups in total. The predicted molar refractivity (Wildman–Crippen MR) is 89.5 cm³/mol. The van der Waals surface area contributed by atoms with Gasteiger partial charge in [0.15, 0.2) is 0 Å². The van der Waals surface area contributed by atoms with E-state index in [2.05, 4.69) is 21.7 Å². The first kappa shape index (κ1) is 18.9. The maximum atomic E-state index is 10.2. The highest BCUT2D eigenvalue weighted by atomic mass is 79.9. The highest BCUT2D eigenvalue weighted by molar-refractivity contribution is 9.10. The van der Waals surface area contributed by atoms with E-state index in [-0.39, 0.29) is 18.3 Å². The summed E-state index contributed by atoms with van der Waals surface area (Å²) in [6, 6.07) is 4.91. The molecule has 22 heavy (non-hydrogen) atoms. The Morgan fingerprint density at radius 1 is 1.32 bits per heavy atom. The molecule has 0 aliphatic carbocycles. The molecule has 1 aromatic rings. The molecule has 0 saturated carbocycles. The summed E-state index contributed by atoms with van der Waals surface area (Å²) in [6.07, 6.45) is 0.724. The van der Waals surface area contributed by atoms with Gasteiger partial charge in [0.05, 0.1) is 18.8 Å². The van der Waals surface area contributed by atoms with E-state index >= 15 is 0 Å². The summed E-state index contributed by atoms with van der Waals surface area (Å²) in [5.74, 6) is 0.238. The van der Waals surface area contributed by atoms with Crippen LogP contribution in [-0.2, 0) is 0 Å². The first-order chi connectivity index (χ1) is 10.3. The first-order valence-electron chi connectivity index (χ1n) is 7.24. The van der Waals surface area contributed by atoms with E-state index in [4.69, 9.17) is 5.11 Å². The molecule has 0 spiro atoms. The van der Waals surface area contributed by atoms with Crippen molar-refractivity contribution in [2.24, 2.45) is 5.92 Å². The molecule has 5 heteroatoms. The van der Waals surface area contributed by atoms with Crippen molar-refractivity contribution < 1.29 is 20.4 Å². The summed E-state index contributed by atoms with van der Waals surface area (Å²) in [6.45, 7) is 3.68. The van der Waals surface area contributed by atoms with Gasteiger partial charge in [0, 0.05) is 22.9 Å². The third-order valence-corrected chi connectivity index (χ3v) is 3.83. The molecule has 0 bridgehead atoms. The topological polar surface area (TPSA) is 80.9 Å². The monoisotopic (exact) mass is 370 g/mol. The molecular weight excluding hydrogens is 348 g/mol. The Kier molecular flexibility index (Phi) is 7.87. The lowest BCUT2D eigenvalue weighted by Gasteiger charge is -2.13. The first-order valence-corrected chi connectivity index (χ1v) is 8.03. The Bertz CT molecular complexity index is 548. The maximum Gasteiger partial charge on any atom is 0.121 e. The molecule has 0 saturated heterocycles. The Hall–Kier alpha value is -1.10. The van der Waals surface area contributed by atoms with Crippen molar-refractivity contribution in [3.63, 3.8) is 0 Å². The van der Waals surface area contributed by atoms with E-state index in [1.807, 2.05) is 13.8 Å². The molecule has 0 heterocycles. The van der Waals surface area contributed by atoms with Crippen molar-refractivity contribution in [3.05, 3.63) is 45.6 Å². The largest absolute Gasteiger partial charge is 0.508 e. The zero-order chi connectivity index (χ0) is 16.7. The second kappa shape index (κ2) is 9.13. The number of halogens is 1. The minimum atomic E-state index is -0.832. The Labute approximate surface area is 139 Å². The van der Waals surface area contributed by atoms with E-state index in [0.29, 0.717) is 18.4 Å². The fourth-order valence-corrected chi connectivity index (χ4v) is 2.38. The van der Waals surface area contributed by atoms with E-state index in [1.165, 1.54) is 6.07 Å². The van der Waals surface area contributed by atoms with Crippen LogP contribution in [0.4, 0.5) is 0 Å². The molecule has 0 radical (unpaired) electrons. The van der Waals surface area contributed by atoms with Gasteiger partial charge in [-0.25, -0.2) is 0 Å². The summed E-state index contributed by atoms with van der Waals surface area (Å²) < 4.78 is 0.785. The molecule has 0 aliphatic rings. The molecule has 0 amide bonds. The van der Waals surface area contributed by atoms with Crippen LogP contribution in [0.25, 0.3) is 0 Å². The van der Waals surface area contributed by atoms with Gasteiger partial charge in [-0.05, 0) is 35.8 Å². The van der Waals surface area contributed by atoms with Gasteiger partial charge < -0.3 is 20.4 Å². The lowest BCUT2D eigenvalue weighted by atomic mass is 9.97. The van der Waals surface area contributed by atoms with Crippen LogP contribution in [0, 0.1) is 5.92 Å². The maximum absolute atomic E-state index is 10.2. The molecule has 1 aromatic carbocycles. The summed E-state index contributed by atoms with van der Waals surface area (Å²) in [5, 5.41) is 38.4. The molecule has 2 atom stereocenters. The second-order valence-electron chi connectivity index (χ2n) is 5.52. The molecule has 0 unspecified atom stereocenters. The van der Waals surface area contributed by atoms with Gasteiger partial charge >= 0.3 is 0 Å². The average Bonchev–Trinajstić information content (AvgIpc) is 2.47. The van der Waals surface area contributed by atoms with Crippen molar-refractivity contribution in [1.82, 2.24) is 0 Å². The highest BCUT2D eigenvalue weighted by Gasteiger charge is 2.12. The van der Waals surface area contributed by atoms with E-state index < -0.39 is 12.2 Å². The Morgan fingerprint density at radius 3 is 2.59 bits per heavy atom. The quantitative estimate of drug-likeness (QED) is 0.556. The predicted octanol–water partition coefficient (Wildman–Crippen LogP) is 3.06. The highest BCUT2D eigenvalue weighted by Crippen LogP contribution is 2.29. The Morgan fingerprint density at radius 2 is 2.00 bits per heavy atom. The summed E-state index contributed by atoms with van der Waals surface area (Å²) in [7, 11) is 0. The van der Waals surface area contributed by atoms with Crippen LogP contribution in [-0.4, -0.2) is 33.1 Å². The molecule has 122 valence electrons. The minimum Gasteiger partial charge on any atom is -0.508 e. The third kappa shape index (κ3) is 5.95. The number of hydrogen-bond donors (Lipinski definition) is 4. The number of hydrogen-bond acceptors (Lipinski definition) is 4. The average molecular weight is 371 g/mol. The van der Waals surface area contributed by atoms with Crippen molar-refractivity contribution in [3.8, 4) is 5.75 Å². The van der Waals surface area contributed by atoms with Crippen LogP contribution >= 0.6 is 15.9 Å². The van der Waals surface area contributed by atoms with E-state index in [9.17, 15) is 15.3 Å². The fraction of sp³-hybridized carbons (Fsp3) is 0.471. The lowest BCUT2D eigenvalue weighted by molar-refractivity contribution is 0.0939. The van der Waals surface area contributed by atoms with Crippen LogP contribution in [0.3, 0.4) is 0 Å². The van der Waals surface area contributed by atoms with Gasteiger partial charge in [-0.1, -0.05) is 29.8 Å². The smallest absolute Gasteiger partial charge is 0.121 e. The Balaban J connectivity index is 2.84. The fourth-order valence-electron chi connectivity index (χ4n) is 2.00. The molecule has 0 aliphatic heterocycles. The molecule has 0 fully saturated rings. The number of rotatable bonds is 7. The number of aliphatic hydroxyl groups is 3. The van der Waals surface area contributed by atoms with Gasteiger partial charge in [0.2, 0.25) is 0 Å². The van der Waals surface area contributed by atoms with Crippen molar-refractivity contribution >= 4 is 15.9 Å². The third-order valence-electron chi connectivity index (χ3n) is 3.34. The zero-order valence-electron chi connectivity index (χ0n) is 12.8. The van der Waals surface area contributed by atoms with Gasteiger partial charge in [-0.2, -0.15) is 0 Å². The van der Waals surface area contributed by atoms with Crippen LogP contribution in [0.2, 0.25) is 0 Å². The van der Waals surface area contributed by atoms with Crippen molar-refractivity contribution in [2.75, 3.05) is 6.61 Å². The second-order valence-corrected chi connectivity index (χ2v) is 6.44. The zero-order valence-corrected chi connectivity index (χ0v) is 14.4. The van der Waals surface area contributed by atoms with E-state index in [1.54, 1.807) is 18.2 Å². The summed E-state index contributed by atoms with van der Waals surface area (Å²) in [4.78, 5) is 0. The van der Waals surface area contributed by atoms with Crippen molar-refractivity contribution in [1.29, 1.82) is 0 Å². The van der Waals surface area contributed by atoms with E-state index in [0.717, 1.165) is 10.0 Å². The van der Waals surface area contributed by atoms with Crippen LogP contribution in [0.15, 0.2) is 40.1 Å². The summed E-state index contributed by atoms with van der Waals surface area (Å²) >= 11 is 3.31. The van der Waals surface area contributed by atoms with Gasteiger partial charge in [-0.15, -0.1) is 5.73 Å². The molecule has 0 aromatic heterocycles. The number of phenolic OH excluding ortho intramolecular Hbond substituents is 1. The standard InChI is InChI=1S/C17H23BrO4/c1-11(2)12(8-14(20)10-19)4-3-5-16(21)15-9-13(18)6-7-17(15)22/h3,6-7,9,11,14,16,19-22H,5,8,10H2,1-2H3/t4?,14-,16-/m1/s1. The van der Waals surface area contributed by atoms with Crippen LogP contribution in [0.5, 0.6) is 5.75 Å².